The fourth-order valence-corrected chi connectivity index (χ4v) is 3.00. The van der Waals surface area contributed by atoms with Crippen molar-refractivity contribution in [1.82, 2.24) is 4.57 Å². The number of nitrogens with zero attached hydrogens (tertiary/aromatic N) is 2. The average molecular weight is 407 g/mol. The first-order valence-corrected chi connectivity index (χ1v) is 9.17. The highest BCUT2D eigenvalue weighted by atomic mass is 16.5. The Kier molecular flexibility index (Phi) is 6.23. The van der Waals surface area contributed by atoms with Gasteiger partial charge in [-0.25, -0.2) is 4.79 Å². The molecular weight excluding hydrogens is 386 g/mol. The van der Waals surface area contributed by atoms with E-state index < -0.39 is 18.5 Å². The molecule has 0 bridgehead atoms. The van der Waals surface area contributed by atoms with Gasteiger partial charge in [-0.3, -0.25) is 4.79 Å². The molecule has 30 heavy (non-hydrogen) atoms. The number of carbonyl (C=O) groups is 2. The molecule has 0 saturated carbocycles. The minimum absolute atomic E-state index is 0.300. The normalized spacial score (nSPS) is 10.3. The number of methoxy groups -OCH3 is 1. The van der Waals surface area contributed by atoms with Crippen molar-refractivity contribution in [2.24, 2.45) is 0 Å². The molecule has 0 aliphatic heterocycles. The lowest BCUT2D eigenvalue weighted by atomic mass is 10.2. The molecule has 154 valence electrons. The summed E-state index contributed by atoms with van der Waals surface area (Å²) < 4.78 is 17.3. The number of aromatic nitrogens is 1. The summed E-state index contributed by atoms with van der Waals surface area (Å²) >= 11 is 0. The summed E-state index contributed by atoms with van der Waals surface area (Å²) in [6.07, 6.45) is 1.56. The molecule has 2 heterocycles. The van der Waals surface area contributed by atoms with E-state index in [9.17, 15) is 14.9 Å². The molecule has 1 amide bonds. The summed E-state index contributed by atoms with van der Waals surface area (Å²) in [6, 6.07) is 12.1. The Bertz CT molecular complexity index is 1090. The Morgan fingerprint density at radius 2 is 1.93 bits per heavy atom. The third-order valence-corrected chi connectivity index (χ3v) is 4.75. The van der Waals surface area contributed by atoms with Gasteiger partial charge in [-0.2, -0.15) is 5.26 Å². The van der Waals surface area contributed by atoms with Crippen molar-refractivity contribution in [1.29, 1.82) is 5.26 Å². The van der Waals surface area contributed by atoms with Crippen LogP contribution in [0.25, 0.3) is 0 Å². The first-order valence-electron chi connectivity index (χ1n) is 9.17. The monoisotopic (exact) mass is 407 g/mol. The molecule has 8 heteroatoms. The van der Waals surface area contributed by atoms with Crippen molar-refractivity contribution in [2.45, 2.75) is 20.4 Å². The van der Waals surface area contributed by atoms with Gasteiger partial charge in [0.25, 0.3) is 5.91 Å². The predicted octanol–water partition coefficient (Wildman–Crippen LogP) is 3.42. The van der Waals surface area contributed by atoms with Crippen LogP contribution in [0.3, 0.4) is 0 Å². The highest BCUT2D eigenvalue weighted by molar-refractivity contribution is 5.96. The van der Waals surface area contributed by atoms with Crippen LogP contribution in [0.2, 0.25) is 0 Å². The van der Waals surface area contributed by atoms with Crippen LogP contribution in [0.4, 0.5) is 5.82 Å². The number of nitriles is 1. The van der Waals surface area contributed by atoms with Crippen LogP contribution in [0.15, 0.2) is 47.1 Å². The second-order valence-electron chi connectivity index (χ2n) is 6.56. The van der Waals surface area contributed by atoms with Crippen LogP contribution >= 0.6 is 0 Å². The van der Waals surface area contributed by atoms with Gasteiger partial charge in [0.2, 0.25) is 0 Å². The Balaban J connectivity index is 1.71. The maximum atomic E-state index is 12.4. The largest absolute Gasteiger partial charge is 0.497 e. The maximum absolute atomic E-state index is 12.4. The van der Waals surface area contributed by atoms with Crippen molar-refractivity contribution < 1.29 is 23.5 Å². The zero-order valence-electron chi connectivity index (χ0n) is 16.9. The maximum Gasteiger partial charge on any atom is 0.338 e. The number of ether oxygens (including phenoxy) is 2. The number of rotatable bonds is 7. The van der Waals surface area contributed by atoms with E-state index in [0.29, 0.717) is 35.0 Å². The zero-order chi connectivity index (χ0) is 21.7. The number of amides is 1. The highest BCUT2D eigenvalue weighted by Crippen LogP contribution is 2.27. The van der Waals surface area contributed by atoms with Crippen LogP contribution in [0.5, 0.6) is 5.75 Å². The molecule has 0 aliphatic carbocycles. The zero-order valence-corrected chi connectivity index (χ0v) is 16.9. The molecule has 8 nitrogen and oxygen atoms in total. The summed E-state index contributed by atoms with van der Waals surface area (Å²) in [5, 5.41) is 12.2. The van der Waals surface area contributed by atoms with Crippen molar-refractivity contribution in [3.8, 4) is 11.8 Å². The van der Waals surface area contributed by atoms with Crippen LogP contribution in [0, 0.1) is 25.2 Å². The second-order valence-corrected chi connectivity index (χ2v) is 6.56. The number of benzene rings is 1. The van der Waals surface area contributed by atoms with E-state index in [0.717, 1.165) is 11.3 Å². The molecule has 2 aromatic heterocycles. The molecule has 1 N–H and O–H groups in total. The SMILES string of the molecule is COc1ccc(C(=O)OCC(=O)Nc2c(C#N)c(C)c(C)n2Cc2ccco2)cc1. The van der Waals surface area contributed by atoms with Crippen LogP contribution < -0.4 is 10.1 Å². The topological polar surface area (TPSA) is 106 Å². The summed E-state index contributed by atoms with van der Waals surface area (Å²) in [5.74, 6) is 0.447. The smallest absolute Gasteiger partial charge is 0.338 e. The van der Waals surface area contributed by atoms with E-state index >= 15 is 0 Å². The number of hydrogen-bond acceptors (Lipinski definition) is 6. The van der Waals surface area contributed by atoms with E-state index in [1.54, 1.807) is 41.2 Å². The lowest BCUT2D eigenvalue weighted by Gasteiger charge is -2.12. The Labute approximate surface area is 173 Å². The molecular formula is C22H21N3O5. The van der Waals surface area contributed by atoms with E-state index in [1.807, 2.05) is 19.9 Å². The second kappa shape index (κ2) is 9.01. The van der Waals surface area contributed by atoms with E-state index in [1.165, 1.54) is 7.11 Å². The Morgan fingerprint density at radius 3 is 2.53 bits per heavy atom. The summed E-state index contributed by atoms with van der Waals surface area (Å²) in [4.78, 5) is 24.6. The molecule has 3 aromatic rings. The molecule has 0 atom stereocenters. The molecule has 0 saturated heterocycles. The third-order valence-electron chi connectivity index (χ3n) is 4.75. The lowest BCUT2D eigenvalue weighted by molar-refractivity contribution is -0.119. The molecule has 0 spiro atoms. The first-order chi connectivity index (χ1) is 14.4. The van der Waals surface area contributed by atoms with E-state index in [-0.39, 0.29) is 0 Å². The average Bonchev–Trinajstić information content (AvgIpc) is 3.35. The van der Waals surface area contributed by atoms with Crippen molar-refractivity contribution in [3.05, 3.63) is 70.8 Å². The minimum atomic E-state index is -0.633. The fraction of sp³-hybridized carbons (Fsp3) is 0.227. The minimum Gasteiger partial charge on any atom is -0.497 e. The van der Waals surface area contributed by atoms with Crippen molar-refractivity contribution in [3.63, 3.8) is 0 Å². The number of anilines is 1. The van der Waals surface area contributed by atoms with E-state index in [2.05, 4.69) is 11.4 Å². The van der Waals surface area contributed by atoms with Crippen molar-refractivity contribution >= 4 is 17.7 Å². The lowest BCUT2D eigenvalue weighted by Crippen LogP contribution is -2.23. The highest BCUT2D eigenvalue weighted by Gasteiger charge is 2.21. The molecule has 3 rings (SSSR count). The van der Waals surface area contributed by atoms with Gasteiger partial charge in [-0.1, -0.05) is 0 Å². The number of esters is 1. The molecule has 0 aliphatic rings. The predicted molar refractivity (Wildman–Crippen MR) is 108 cm³/mol. The fourth-order valence-electron chi connectivity index (χ4n) is 3.00. The van der Waals surface area contributed by atoms with Crippen LogP contribution in [-0.4, -0.2) is 30.2 Å². The number of hydrogen-bond donors (Lipinski definition) is 1. The number of carbonyl (C=O) groups excluding carboxylic acids is 2. The summed E-state index contributed by atoms with van der Waals surface area (Å²) in [5.41, 5.74) is 2.24. The molecule has 0 radical (unpaired) electrons. The van der Waals surface area contributed by atoms with Crippen LogP contribution in [-0.2, 0) is 16.1 Å². The van der Waals surface area contributed by atoms with Gasteiger partial charge < -0.3 is 23.8 Å². The third kappa shape index (κ3) is 4.36. The molecule has 0 fully saturated rings. The standard InChI is InChI=1S/C22H21N3O5/c1-14-15(2)25(12-18-5-4-10-29-18)21(19(14)11-23)24-20(26)13-30-22(27)16-6-8-17(28-3)9-7-16/h4-10H,12-13H2,1-3H3,(H,24,26). The number of furan rings is 1. The number of nitrogens with one attached hydrogen (secondary N) is 1. The Morgan fingerprint density at radius 1 is 1.20 bits per heavy atom. The molecule has 0 unspecified atom stereocenters. The quantitative estimate of drug-likeness (QED) is 0.602. The first kappa shape index (κ1) is 20.7. The molecule has 1 aromatic carbocycles. The van der Waals surface area contributed by atoms with E-state index in [4.69, 9.17) is 13.9 Å². The van der Waals surface area contributed by atoms with Gasteiger partial charge in [-0.15, -0.1) is 0 Å². The Hall–Kier alpha value is -3.99. The van der Waals surface area contributed by atoms with Gasteiger partial charge >= 0.3 is 5.97 Å². The van der Waals surface area contributed by atoms with Crippen molar-refractivity contribution in [2.75, 3.05) is 19.0 Å². The van der Waals surface area contributed by atoms with Gasteiger partial charge in [0.15, 0.2) is 6.61 Å². The van der Waals surface area contributed by atoms with Gasteiger partial charge in [0.05, 0.1) is 31.0 Å². The van der Waals surface area contributed by atoms with Gasteiger partial charge in [0, 0.05) is 5.69 Å². The van der Waals surface area contributed by atoms with Gasteiger partial charge in [-0.05, 0) is 55.8 Å². The van der Waals surface area contributed by atoms with Gasteiger partial charge in [0.1, 0.15) is 23.4 Å². The van der Waals surface area contributed by atoms with Crippen LogP contribution in [0.1, 0.15) is 32.9 Å². The summed E-state index contributed by atoms with van der Waals surface area (Å²) in [6.45, 7) is 3.53. The summed E-state index contributed by atoms with van der Waals surface area (Å²) in [7, 11) is 1.53.